The highest BCUT2D eigenvalue weighted by Gasteiger charge is 2.30. The predicted molar refractivity (Wildman–Crippen MR) is 63.6 cm³/mol. The van der Waals surface area contributed by atoms with Gasteiger partial charge in [-0.15, -0.1) is 0 Å². The van der Waals surface area contributed by atoms with Gasteiger partial charge in [0.15, 0.2) is 5.82 Å². The fraction of sp³-hybridized carbons (Fsp3) is 0.0769. The average molecular weight is 302 g/mol. The number of carbonyl (C=O) groups is 1. The first-order chi connectivity index (χ1) is 9.79. The van der Waals surface area contributed by atoms with Crippen LogP contribution in [0.3, 0.4) is 0 Å². The van der Waals surface area contributed by atoms with Gasteiger partial charge in [0.1, 0.15) is 0 Å². The Bertz CT molecular complexity index is 685. The van der Waals surface area contributed by atoms with E-state index in [4.69, 9.17) is 0 Å². The number of halogens is 5. The Morgan fingerprint density at radius 3 is 2.52 bits per heavy atom. The van der Waals surface area contributed by atoms with Gasteiger partial charge in [-0.05, 0) is 24.3 Å². The molecular formula is C13H7F5N2O. The van der Waals surface area contributed by atoms with Crippen LogP contribution < -0.4 is 5.32 Å². The first-order valence-electron chi connectivity index (χ1n) is 5.57. The molecule has 0 radical (unpaired) electrons. The summed E-state index contributed by atoms with van der Waals surface area (Å²) in [5.74, 6) is -4.01. The van der Waals surface area contributed by atoms with E-state index in [0.29, 0.717) is 6.07 Å². The van der Waals surface area contributed by atoms with Gasteiger partial charge in [0.05, 0.1) is 11.1 Å². The summed E-state index contributed by atoms with van der Waals surface area (Å²) in [4.78, 5) is 14.7. The van der Waals surface area contributed by atoms with Gasteiger partial charge in [-0.3, -0.25) is 4.79 Å². The molecule has 110 valence electrons. The number of nitrogens with one attached hydrogen (secondary N) is 1. The van der Waals surface area contributed by atoms with Crippen LogP contribution in [0.15, 0.2) is 36.5 Å². The molecule has 1 heterocycles. The maximum absolute atomic E-state index is 13.3. The third-order valence-electron chi connectivity index (χ3n) is 2.54. The van der Waals surface area contributed by atoms with Crippen LogP contribution in [0.2, 0.25) is 0 Å². The highest BCUT2D eigenvalue weighted by molar-refractivity contribution is 6.04. The van der Waals surface area contributed by atoms with E-state index in [1.807, 2.05) is 0 Å². The van der Waals surface area contributed by atoms with Crippen LogP contribution >= 0.6 is 0 Å². The van der Waals surface area contributed by atoms with E-state index >= 15 is 0 Å². The van der Waals surface area contributed by atoms with Crippen molar-refractivity contribution in [2.45, 2.75) is 6.18 Å². The summed E-state index contributed by atoms with van der Waals surface area (Å²) in [6.07, 6.45) is -3.70. The summed E-state index contributed by atoms with van der Waals surface area (Å²) in [6.45, 7) is 0. The van der Waals surface area contributed by atoms with E-state index in [-0.39, 0.29) is 5.69 Å². The van der Waals surface area contributed by atoms with E-state index in [9.17, 15) is 26.7 Å². The van der Waals surface area contributed by atoms with Crippen LogP contribution in [0.4, 0.5) is 27.6 Å². The molecular weight excluding hydrogens is 295 g/mol. The summed E-state index contributed by atoms with van der Waals surface area (Å²) in [5, 5.41) is 2.07. The van der Waals surface area contributed by atoms with Gasteiger partial charge >= 0.3 is 6.18 Å². The summed E-state index contributed by atoms with van der Waals surface area (Å²) in [7, 11) is 0. The second-order valence-corrected chi connectivity index (χ2v) is 4.00. The smallest absolute Gasteiger partial charge is 0.322 e. The maximum atomic E-state index is 13.3. The third-order valence-corrected chi connectivity index (χ3v) is 2.54. The Labute approximate surface area is 115 Å². The van der Waals surface area contributed by atoms with Gasteiger partial charge in [-0.2, -0.15) is 17.6 Å². The summed E-state index contributed by atoms with van der Waals surface area (Å²) in [5.41, 5.74) is -1.81. The van der Waals surface area contributed by atoms with E-state index in [1.54, 1.807) is 0 Å². The lowest BCUT2D eigenvalue weighted by Crippen LogP contribution is -2.15. The SMILES string of the molecule is O=C(Nc1cccc(C(F)(F)F)c1)c1ccnc(F)c1F. The van der Waals surface area contributed by atoms with Crippen molar-refractivity contribution in [3.63, 3.8) is 0 Å². The van der Waals surface area contributed by atoms with Gasteiger partial charge in [0.25, 0.3) is 5.91 Å². The Morgan fingerprint density at radius 1 is 1.14 bits per heavy atom. The van der Waals surface area contributed by atoms with Crippen molar-refractivity contribution >= 4 is 11.6 Å². The van der Waals surface area contributed by atoms with Crippen LogP contribution in [0.1, 0.15) is 15.9 Å². The van der Waals surface area contributed by atoms with E-state index in [1.165, 1.54) is 6.07 Å². The molecule has 0 bridgehead atoms. The van der Waals surface area contributed by atoms with E-state index in [0.717, 1.165) is 24.4 Å². The number of carbonyl (C=O) groups excluding carboxylic acids is 1. The van der Waals surface area contributed by atoms with E-state index < -0.39 is 35.0 Å². The van der Waals surface area contributed by atoms with Gasteiger partial charge < -0.3 is 5.32 Å². The van der Waals surface area contributed by atoms with Gasteiger partial charge in [0.2, 0.25) is 5.95 Å². The number of aromatic nitrogens is 1. The number of nitrogens with zero attached hydrogens (tertiary/aromatic N) is 1. The van der Waals surface area contributed by atoms with Crippen LogP contribution in [0.25, 0.3) is 0 Å². The lowest BCUT2D eigenvalue weighted by Gasteiger charge is -2.10. The topological polar surface area (TPSA) is 42.0 Å². The number of hydrogen-bond donors (Lipinski definition) is 1. The molecule has 1 amide bonds. The zero-order valence-corrected chi connectivity index (χ0v) is 10.2. The first-order valence-corrected chi connectivity index (χ1v) is 5.57. The molecule has 0 fully saturated rings. The number of benzene rings is 1. The largest absolute Gasteiger partial charge is 0.416 e. The first kappa shape index (κ1) is 14.9. The molecule has 21 heavy (non-hydrogen) atoms. The molecule has 8 heteroatoms. The quantitative estimate of drug-likeness (QED) is 0.680. The van der Waals surface area contributed by atoms with Crippen LogP contribution in [0, 0.1) is 11.8 Å². The standard InChI is InChI=1S/C13H7F5N2O/c14-10-9(4-5-19-11(10)15)12(21)20-8-3-1-2-7(6-8)13(16,17)18/h1-6H,(H,20,21). The molecule has 2 rings (SSSR count). The molecule has 2 aromatic rings. The zero-order valence-electron chi connectivity index (χ0n) is 10.2. The molecule has 0 saturated heterocycles. The Hall–Kier alpha value is -2.51. The van der Waals surface area contributed by atoms with Crippen molar-refractivity contribution in [1.29, 1.82) is 0 Å². The molecule has 1 aromatic heterocycles. The Kier molecular flexibility index (Phi) is 3.88. The minimum Gasteiger partial charge on any atom is -0.322 e. The Balaban J connectivity index is 2.26. The second kappa shape index (κ2) is 5.47. The number of hydrogen-bond acceptors (Lipinski definition) is 2. The predicted octanol–water partition coefficient (Wildman–Crippen LogP) is 3.63. The van der Waals surface area contributed by atoms with Crippen molar-refractivity contribution in [2.24, 2.45) is 0 Å². The highest BCUT2D eigenvalue weighted by atomic mass is 19.4. The number of alkyl halides is 3. The maximum Gasteiger partial charge on any atom is 0.416 e. The molecule has 0 atom stereocenters. The number of anilines is 1. The van der Waals surface area contributed by atoms with Crippen LogP contribution in [0.5, 0.6) is 0 Å². The lowest BCUT2D eigenvalue weighted by molar-refractivity contribution is -0.137. The fourth-order valence-electron chi connectivity index (χ4n) is 1.57. The van der Waals surface area contributed by atoms with E-state index in [2.05, 4.69) is 10.3 Å². The summed E-state index contributed by atoms with van der Waals surface area (Å²) < 4.78 is 63.8. The van der Waals surface area contributed by atoms with Crippen molar-refractivity contribution in [3.8, 4) is 0 Å². The van der Waals surface area contributed by atoms with Crippen molar-refractivity contribution < 1.29 is 26.7 Å². The van der Waals surface area contributed by atoms with Crippen LogP contribution in [-0.4, -0.2) is 10.9 Å². The molecule has 1 aromatic carbocycles. The lowest BCUT2D eigenvalue weighted by atomic mass is 10.2. The van der Waals surface area contributed by atoms with Gasteiger partial charge in [0, 0.05) is 11.9 Å². The number of rotatable bonds is 2. The highest BCUT2D eigenvalue weighted by Crippen LogP contribution is 2.30. The molecule has 0 aliphatic carbocycles. The summed E-state index contributed by atoms with van der Waals surface area (Å²) in [6, 6.07) is 4.71. The van der Waals surface area contributed by atoms with Crippen molar-refractivity contribution in [1.82, 2.24) is 4.98 Å². The minimum atomic E-state index is -4.57. The molecule has 0 aliphatic rings. The second-order valence-electron chi connectivity index (χ2n) is 4.00. The number of pyridine rings is 1. The van der Waals surface area contributed by atoms with Gasteiger partial charge in [-0.25, -0.2) is 9.37 Å². The van der Waals surface area contributed by atoms with Gasteiger partial charge in [-0.1, -0.05) is 6.07 Å². The van der Waals surface area contributed by atoms with Crippen molar-refractivity contribution in [2.75, 3.05) is 5.32 Å². The fourth-order valence-corrected chi connectivity index (χ4v) is 1.57. The normalized spacial score (nSPS) is 11.3. The molecule has 0 aliphatic heterocycles. The monoisotopic (exact) mass is 302 g/mol. The average Bonchev–Trinajstić information content (AvgIpc) is 2.41. The third kappa shape index (κ3) is 3.33. The Morgan fingerprint density at radius 2 is 1.86 bits per heavy atom. The molecule has 0 unspecified atom stereocenters. The molecule has 1 N–H and O–H groups in total. The van der Waals surface area contributed by atoms with Crippen LogP contribution in [-0.2, 0) is 6.18 Å². The summed E-state index contributed by atoms with van der Waals surface area (Å²) >= 11 is 0. The molecule has 3 nitrogen and oxygen atoms in total. The molecule has 0 saturated carbocycles. The zero-order chi connectivity index (χ0) is 15.6. The number of amides is 1. The minimum absolute atomic E-state index is 0.188. The molecule has 0 spiro atoms. The van der Waals surface area contributed by atoms with Crippen molar-refractivity contribution in [3.05, 3.63) is 59.4 Å².